The first-order valence-electron chi connectivity index (χ1n) is 5.93. The molecule has 0 radical (unpaired) electrons. The van der Waals surface area contributed by atoms with Gasteiger partial charge in [0, 0.05) is 18.1 Å². The summed E-state index contributed by atoms with van der Waals surface area (Å²) in [6.45, 7) is 0.650. The lowest BCUT2D eigenvalue weighted by atomic mass is 10.2. The van der Waals surface area contributed by atoms with Crippen molar-refractivity contribution in [2.24, 2.45) is 0 Å². The molecule has 1 aromatic heterocycles. The summed E-state index contributed by atoms with van der Waals surface area (Å²) in [7, 11) is 0. The number of hydrogen-bond acceptors (Lipinski definition) is 1. The number of nitrogens with two attached hydrogens (primary N) is 1. The zero-order valence-electron chi connectivity index (χ0n) is 10.1. The standard InChI is InChI=1S/C15H12Cl2N2/c16-12-5-1-4-11(14(12)17)9-19-8-7-10-3-2-6-13(18)15(10)19/h1-8H,9,18H2. The van der Waals surface area contributed by atoms with Crippen molar-refractivity contribution in [2.75, 3.05) is 5.73 Å². The smallest absolute Gasteiger partial charge is 0.0716 e. The first-order valence-corrected chi connectivity index (χ1v) is 6.68. The van der Waals surface area contributed by atoms with Gasteiger partial charge < -0.3 is 10.3 Å². The molecule has 0 aliphatic carbocycles. The van der Waals surface area contributed by atoms with Gasteiger partial charge in [-0.15, -0.1) is 0 Å². The molecule has 0 bridgehead atoms. The van der Waals surface area contributed by atoms with Crippen LogP contribution in [0.5, 0.6) is 0 Å². The van der Waals surface area contributed by atoms with Crippen molar-refractivity contribution in [3.05, 3.63) is 64.3 Å². The highest BCUT2D eigenvalue weighted by molar-refractivity contribution is 6.42. The Kier molecular flexibility index (Phi) is 3.13. The average molecular weight is 291 g/mol. The third-order valence-corrected chi connectivity index (χ3v) is 4.05. The van der Waals surface area contributed by atoms with Crippen molar-refractivity contribution in [1.82, 2.24) is 4.57 Å². The zero-order chi connectivity index (χ0) is 13.4. The lowest BCUT2D eigenvalue weighted by Crippen LogP contribution is -2.01. The van der Waals surface area contributed by atoms with Crippen LogP contribution in [0, 0.1) is 0 Å². The second kappa shape index (κ2) is 4.80. The van der Waals surface area contributed by atoms with Crippen molar-refractivity contribution >= 4 is 39.8 Å². The van der Waals surface area contributed by atoms with Gasteiger partial charge in [0.25, 0.3) is 0 Å². The number of fused-ring (bicyclic) bond motifs is 1. The second-order valence-corrected chi connectivity index (χ2v) is 5.23. The van der Waals surface area contributed by atoms with Gasteiger partial charge in [-0.2, -0.15) is 0 Å². The fourth-order valence-corrected chi connectivity index (χ4v) is 2.66. The highest BCUT2D eigenvalue weighted by Gasteiger charge is 2.08. The van der Waals surface area contributed by atoms with Gasteiger partial charge in [0.05, 0.1) is 21.2 Å². The molecule has 0 spiro atoms. The molecule has 0 unspecified atom stereocenters. The molecular weight excluding hydrogens is 279 g/mol. The van der Waals surface area contributed by atoms with Gasteiger partial charge in [0.1, 0.15) is 0 Å². The molecule has 0 atom stereocenters. The maximum atomic E-state index is 6.22. The van der Waals surface area contributed by atoms with Crippen LogP contribution in [0.2, 0.25) is 10.0 Å². The van der Waals surface area contributed by atoms with E-state index in [1.807, 2.05) is 42.6 Å². The molecule has 2 nitrogen and oxygen atoms in total. The number of aromatic nitrogens is 1. The van der Waals surface area contributed by atoms with E-state index in [-0.39, 0.29) is 0 Å². The third kappa shape index (κ3) is 2.18. The van der Waals surface area contributed by atoms with Crippen molar-refractivity contribution in [1.29, 1.82) is 0 Å². The molecule has 3 aromatic rings. The molecule has 2 N–H and O–H groups in total. The molecule has 0 fully saturated rings. The van der Waals surface area contributed by atoms with Gasteiger partial charge >= 0.3 is 0 Å². The van der Waals surface area contributed by atoms with Crippen LogP contribution in [0.1, 0.15) is 5.56 Å². The minimum Gasteiger partial charge on any atom is -0.397 e. The third-order valence-electron chi connectivity index (χ3n) is 3.19. The Labute approximate surface area is 121 Å². The number of halogens is 2. The largest absolute Gasteiger partial charge is 0.397 e. The molecule has 19 heavy (non-hydrogen) atoms. The Morgan fingerprint density at radius 2 is 1.79 bits per heavy atom. The van der Waals surface area contributed by atoms with E-state index >= 15 is 0 Å². The van der Waals surface area contributed by atoms with Gasteiger partial charge in [0.15, 0.2) is 0 Å². The van der Waals surface area contributed by atoms with Crippen molar-refractivity contribution in [2.45, 2.75) is 6.54 Å². The molecule has 0 saturated heterocycles. The Morgan fingerprint density at radius 1 is 1.00 bits per heavy atom. The van der Waals surface area contributed by atoms with Gasteiger partial charge in [0.2, 0.25) is 0 Å². The summed E-state index contributed by atoms with van der Waals surface area (Å²) in [6.07, 6.45) is 2.01. The highest BCUT2D eigenvalue weighted by Crippen LogP contribution is 2.28. The minimum atomic E-state index is 0.573. The number of nitrogen functional groups attached to an aromatic ring is 1. The first kappa shape index (κ1) is 12.4. The zero-order valence-corrected chi connectivity index (χ0v) is 11.6. The van der Waals surface area contributed by atoms with Crippen molar-refractivity contribution in [3.63, 3.8) is 0 Å². The molecule has 0 amide bonds. The second-order valence-electron chi connectivity index (χ2n) is 4.44. The fraction of sp³-hybridized carbons (Fsp3) is 0.0667. The number of hydrogen-bond donors (Lipinski definition) is 1. The van der Waals surface area contributed by atoms with Gasteiger partial charge in [-0.1, -0.05) is 47.5 Å². The normalized spacial score (nSPS) is 11.1. The lowest BCUT2D eigenvalue weighted by molar-refractivity contribution is 0.838. The van der Waals surface area contributed by atoms with Gasteiger partial charge in [-0.3, -0.25) is 0 Å². The van der Waals surface area contributed by atoms with Crippen molar-refractivity contribution in [3.8, 4) is 0 Å². The number of para-hydroxylation sites is 1. The van der Waals surface area contributed by atoms with E-state index in [2.05, 4.69) is 4.57 Å². The van der Waals surface area contributed by atoms with E-state index in [1.54, 1.807) is 6.07 Å². The van der Waals surface area contributed by atoms with Crippen LogP contribution in [-0.2, 0) is 6.54 Å². The topological polar surface area (TPSA) is 30.9 Å². The Morgan fingerprint density at radius 3 is 2.63 bits per heavy atom. The van der Waals surface area contributed by atoms with Crippen LogP contribution < -0.4 is 5.73 Å². The number of rotatable bonds is 2. The lowest BCUT2D eigenvalue weighted by Gasteiger charge is -2.10. The molecule has 0 aliphatic heterocycles. The number of benzene rings is 2. The van der Waals surface area contributed by atoms with Crippen LogP contribution in [0.25, 0.3) is 10.9 Å². The summed E-state index contributed by atoms with van der Waals surface area (Å²) in [6, 6.07) is 13.6. The summed E-state index contributed by atoms with van der Waals surface area (Å²) < 4.78 is 2.09. The fourth-order valence-electron chi connectivity index (χ4n) is 2.28. The van der Waals surface area contributed by atoms with E-state index in [0.717, 1.165) is 22.2 Å². The first-order chi connectivity index (χ1) is 9.16. The van der Waals surface area contributed by atoms with E-state index < -0.39 is 0 Å². The van der Waals surface area contributed by atoms with Crippen molar-refractivity contribution < 1.29 is 0 Å². The Bertz CT molecular complexity index is 747. The van der Waals surface area contributed by atoms with E-state index in [9.17, 15) is 0 Å². The van der Waals surface area contributed by atoms with E-state index in [0.29, 0.717) is 16.6 Å². The Hall–Kier alpha value is -1.64. The number of anilines is 1. The summed E-state index contributed by atoms with van der Waals surface area (Å²) in [5, 5.41) is 2.29. The summed E-state index contributed by atoms with van der Waals surface area (Å²) in [5.74, 6) is 0. The highest BCUT2D eigenvalue weighted by atomic mass is 35.5. The summed E-state index contributed by atoms with van der Waals surface area (Å²) in [5.41, 5.74) is 8.82. The predicted octanol–water partition coefficient (Wildman–Crippen LogP) is 4.58. The molecular formula is C15H12Cl2N2. The van der Waals surface area contributed by atoms with Gasteiger partial charge in [-0.25, -0.2) is 0 Å². The van der Waals surface area contributed by atoms with Crippen LogP contribution in [0.3, 0.4) is 0 Å². The molecule has 1 heterocycles. The molecule has 3 rings (SSSR count). The van der Waals surface area contributed by atoms with Gasteiger partial charge in [-0.05, 0) is 23.8 Å². The molecule has 0 saturated carbocycles. The summed E-state index contributed by atoms with van der Waals surface area (Å²) in [4.78, 5) is 0. The van der Waals surface area contributed by atoms with Crippen LogP contribution >= 0.6 is 23.2 Å². The van der Waals surface area contributed by atoms with Crippen LogP contribution in [0.4, 0.5) is 5.69 Å². The van der Waals surface area contributed by atoms with Crippen LogP contribution in [-0.4, -0.2) is 4.57 Å². The molecule has 96 valence electrons. The number of nitrogens with zero attached hydrogens (tertiary/aromatic N) is 1. The predicted molar refractivity (Wildman–Crippen MR) is 81.9 cm³/mol. The minimum absolute atomic E-state index is 0.573. The van der Waals surface area contributed by atoms with E-state index in [4.69, 9.17) is 28.9 Å². The SMILES string of the molecule is Nc1cccc2ccn(Cc3cccc(Cl)c3Cl)c12. The monoisotopic (exact) mass is 290 g/mol. The molecule has 4 heteroatoms. The quantitative estimate of drug-likeness (QED) is 0.688. The maximum absolute atomic E-state index is 6.22. The maximum Gasteiger partial charge on any atom is 0.0716 e. The Balaban J connectivity index is 2.09. The molecule has 0 aliphatic rings. The average Bonchev–Trinajstić information content (AvgIpc) is 2.80. The summed E-state index contributed by atoms with van der Waals surface area (Å²) >= 11 is 12.3. The molecule has 2 aromatic carbocycles. The van der Waals surface area contributed by atoms with Crippen LogP contribution in [0.15, 0.2) is 48.7 Å². The van der Waals surface area contributed by atoms with E-state index in [1.165, 1.54) is 0 Å².